The fourth-order valence-corrected chi connectivity index (χ4v) is 5.16. The number of hydrogen-bond acceptors (Lipinski definition) is 5. The number of nitrogens with one attached hydrogen (secondary N) is 2. The number of aliphatic hydroxyl groups is 1. The minimum absolute atomic E-state index is 0.180. The minimum Gasteiger partial charge on any atom is -0.387 e. The summed E-state index contributed by atoms with van der Waals surface area (Å²) in [5.74, 6) is 0. The summed E-state index contributed by atoms with van der Waals surface area (Å²) in [5.41, 5.74) is 2.49. The molecule has 1 aromatic heterocycles. The van der Waals surface area contributed by atoms with Gasteiger partial charge in [-0.15, -0.1) is 0 Å². The summed E-state index contributed by atoms with van der Waals surface area (Å²) >= 11 is 0. The molecule has 0 spiro atoms. The van der Waals surface area contributed by atoms with Crippen molar-refractivity contribution in [2.75, 3.05) is 11.3 Å². The van der Waals surface area contributed by atoms with Crippen LogP contribution in [0.25, 0.3) is 10.9 Å². The van der Waals surface area contributed by atoms with Crippen LogP contribution in [0, 0.1) is 0 Å². The van der Waals surface area contributed by atoms with Gasteiger partial charge in [0, 0.05) is 47.0 Å². The van der Waals surface area contributed by atoms with Crippen LogP contribution in [-0.4, -0.2) is 36.5 Å². The molecule has 0 aliphatic heterocycles. The van der Waals surface area contributed by atoms with E-state index >= 15 is 0 Å². The number of carbonyl (C=O) groups is 1. The summed E-state index contributed by atoms with van der Waals surface area (Å²) in [6.07, 6.45) is 2.88. The highest BCUT2D eigenvalue weighted by molar-refractivity contribution is 7.92. The molecule has 36 heavy (non-hydrogen) atoms. The number of nitrogens with zero attached hydrogens (tertiary/aromatic N) is 1. The lowest BCUT2D eigenvalue weighted by atomic mass is 9.99. The molecule has 3 N–H and O–H groups in total. The zero-order chi connectivity index (χ0) is 25.8. The Bertz CT molecular complexity index is 1450. The molecule has 0 bridgehead atoms. The van der Waals surface area contributed by atoms with E-state index in [1.807, 2.05) is 30.5 Å². The lowest BCUT2D eigenvalue weighted by Crippen LogP contribution is -2.42. The number of anilines is 1. The first-order chi connectivity index (χ1) is 17.2. The third kappa shape index (κ3) is 6.20. The lowest BCUT2D eigenvalue weighted by molar-refractivity contribution is 0.112. The number of aldehydes is 1. The monoisotopic (exact) mass is 505 g/mol. The van der Waals surface area contributed by atoms with Crippen LogP contribution in [0.15, 0.2) is 90.0 Å². The second-order valence-corrected chi connectivity index (χ2v) is 11.2. The number of rotatable bonds is 11. The number of aliphatic hydroxyl groups excluding tert-OH is 1. The molecule has 7 nitrogen and oxygen atoms in total. The van der Waals surface area contributed by atoms with Crippen LogP contribution in [0.3, 0.4) is 0 Å². The van der Waals surface area contributed by atoms with Crippen LogP contribution in [0.1, 0.15) is 42.3 Å². The van der Waals surface area contributed by atoms with Gasteiger partial charge in [-0.2, -0.15) is 0 Å². The molecule has 1 heterocycles. The molecule has 0 amide bonds. The molecular weight excluding hydrogens is 474 g/mol. The smallest absolute Gasteiger partial charge is 0.261 e. The van der Waals surface area contributed by atoms with Crippen LogP contribution < -0.4 is 10.0 Å². The summed E-state index contributed by atoms with van der Waals surface area (Å²) in [7, 11) is -3.71. The van der Waals surface area contributed by atoms with Gasteiger partial charge >= 0.3 is 0 Å². The van der Waals surface area contributed by atoms with Gasteiger partial charge in [0.25, 0.3) is 10.0 Å². The predicted molar refractivity (Wildman–Crippen MR) is 143 cm³/mol. The van der Waals surface area contributed by atoms with Crippen LogP contribution in [0.5, 0.6) is 0 Å². The van der Waals surface area contributed by atoms with Gasteiger partial charge in [-0.25, -0.2) is 8.42 Å². The maximum absolute atomic E-state index is 12.6. The first-order valence-electron chi connectivity index (χ1n) is 11.8. The van der Waals surface area contributed by atoms with Gasteiger partial charge < -0.3 is 15.0 Å². The molecule has 3 aromatic carbocycles. The third-order valence-electron chi connectivity index (χ3n) is 6.26. The Balaban J connectivity index is 1.35. The van der Waals surface area contributed by atoms with Gasteiger partial charge in [0.15, 0.2) is 0 Å². The van der Waals surface area contributed by atoms with Crippen molar-refractivity contribution >= 4 is 32.9 Å². The normalized spacial score (nSPS) is 13.0. The second-order valence-electron chi connectivity index (χ2n) is 9.52. The Labute approximate surface area is 211 Å². The average molecular weight is 506 g/mol. The van der Waals surface area contributed by atoms with E-state index in [1.54, 1.807) is 42.5 Å². The molecule has 0 saturated carbocycles. The summed E-state index contributed by atoms with van der Waals surface area (Å²) < 4.78 is 30.0. The second kappa shape index (κ2) is 10.7. The minimum atomic E-state index is -3.71. The van der Waals surface area contributed by atoms with Gasteiger partial charge in [-0.05, 0) is 74.4 Å². The quantitative estimate of drug-likeness (QED) is 0.256. The highest BCUT2D eigenvalue weighted by Crippen LogP contribution is 2.23. The molecule has 1 atom stereocenters. The first-order valence-corrected chi connectivity index (χ1v) is 13.3. The van der Waals surface area contributed by atoms with E-state index in [4.69, 9.17) is 0 Å². The van der Waals surface area contributed by atoms with Gasteiger partial charge in [0.05, 0.1) is 11.0 Å². The number of carbonyl (C=O) groups excluding carboxylic acids is 1. The Morgan fingerprint density at radius 1 is 1.00 bits per heavy atom. The van der Waals surface area contributed by atoms with Crippen molar-refractivity contribution in [3.63, 3.8) is 0 Å². The molecule has 4 rings (SSSR count). The molecule has 4 aromatic rings. The SMILES string of the molecule is CC(C)(CCn1ccc2cc(C=O)ccc21)NC[C@H](O)c1cccc(NS(=O)(=O)c2ccccc2)c1. The van der Waals surface area contributed by atoms with E-state index < -0.39 is 16.1 Å². The number of sulfonamides is 1. The van der Waals surface area contributed by atoms with Crippen molar-refractivity contribution < 1.29 is 18.3 Å². The van der Waals surface area contributed by atoms with E-state index in [2.05, 4.69) is 28.5 Å². The number of hydrogen-bond donors (Lipinski definition) is 3. The average Bonchev–Trinajstić information content (AvgIpc) is 3.29. The molecule has 8 heteroatoms. The highest BCUT2D eigenvalue weighted by atomic mass is 32.2. The standard InChI is InChI=1S/C28H31N3O4S/c1-28(2,14-16-31-15-13-22-17-21(20-32)11-12-26(22)31)29-19-27(33)23-7-6-8-24(18-23)30-36(34,35)25-9-4-3-5-10-25/h3-13,15,17-18,20,27,29-30,33H,14,16,19H2,1-2H3/t27-/m0/s1. The largest absolute Gasteiger partial charge is 0.387 e. The fraction of sp³-hybridized carbons (Fsp3) is 0.250. The lowest BCUT2D eigenvalue weighted by Gasteiger charge is -2.28. The Kier molecular flexibility index (Phi) is 7.59. The molecular formula is C28H31N3O4S. The molecule has 188 valence electrons. The Morgan fingerprint density at radius 2 is 1.78 bits per heavy atom. The van der Waals surface area contributed by atoms with Crippen LogP contribution >= 0.6 is 0 Å². The van der Waals surface area contributed by atoms with Crippen molar-refractivity contribution in [2.24, 2.45) is 0 Å². The molecule has 0 aliphatic carbocycles. The van der Waals surface area contributed by atoms with Crippen LogP contribution in [-0.2, 0) is 16.6 Å². The Hall–Kier alpha value is -3.46. The summed E-state index contributed by atoms with van der Waals surface area (Å²) in [4.78, 5) is 11.2. The van der Waals surface area contributed by atoms with Gasteiger partial charge in [0.2, 0.25) is 0 Å². The van der Waals surface area contributed by atoms with E-state index in [1.165, 1.54) is 12.1 Å². The number of β-amino-alcohol motifs (C(OH)–C–C–N with tert-alkyl or cyclic N) is 1. The number of aryl methyl sites for hydroxylation is 1. The number of benzene rings is 3. The maximum Gasteiger partial charge on any atom is 0.261 e. The Morgan fingerprint density at radius 3 is 2.53 bits per heavy atom. The van der Waals surface area contributed by atoms with Crippen molar-refractivity contribution in [3.05, 3.63) is 96.2 Å². The molecule has 0 fully saturated rings. The van der Waals surface area contributed by atoms with Gasteiger partial charge in [-0.3, -0.25) is 9.52 Å². The van der Waals surface area contributed by atoms with E-state index in [9.17, 15) is 18.3 Å². The van der Waals surface area contributed by atoms with Gasteiger partial charge in [-0.1, -0.05) is 30.3 Å². The molecule has 0 saturated heterocycles. The first kappa shape index (κ1) is 25.6. The topological polar surface area (TPSA) is 100 Å². The summed E-state index contributed by atoms with van der Waals surface area (Å²) in [6, 6.07) is 22.6. The highest BCUT2D eigenvalue weighted by Gasteiger charge is 2.20. The van der Waals surface area contributed by atoms with Crippen molar-refractivity contribution in [3.8, 4) is 0 Å². The van der Waals surface area contributed by atoms with Crippen LogP contribution in [0.4, 0.5) is 5.69 Å². The zero-order valence-electron chi connectivity index (χ0n) is 20.4. The predicted octanol–water partition coefficient (Wildman–Crippen LogP) is 4.75. The number of aromatic nitrogens is 1. The van der Waals surface area contributed by atoms with E-state index in [-0.39, 0.29) is 10.4 Å². The van der Waals surface area contributed by atoms with E-state index in [0.717, 1.165) is 30.2 Å². The van der Waals surface area contributed by atoms with Crippen molar-refractivity contribution in [1.82, 2.24) is 9.88 Å². The van der Waals surface area contributed by atoms with Gasteiger partial charge in [0.1, 0.15) is 6.29 Å². The summed E-state index contributed by atoms with van der Waals surface area (Å²) in [6.45, 7) is 5.26. The molecule has 0 unspecified atom stereocenters. The van der Waals surface area contributed by atoms with Crippen LogP contribution in [0.2, 0.25) is 0 Å². The summed E-state index contributed by atoms with van der Waals surface area (Å²) in [5, 5.41) is 15.3. The third-order valence-corrected chi connectivity index (χ3v) is 7.66. The maximum atomic E-state index is 12.6. The molecule has 0 radical (unpaired) electrons. The molecule has 0 aliphatic rings. The van der Waals surface area contributed by atoms with Crippen molar-refractivity contribution in [1.29, 1.82) is 0 Å². The van der Waals surface area contributed by atoms with E-state index in [0.29, 0.717) is 23.4 Å². The fourth-order valence-electron chi connectivity index (χ4n) is 4.09. The van der Waals surface area contributed by atoms with Crippen molar-refractivity contribution in [2.45, 2.75) is 43.4 Å². The zero-order valence-corrected chi connectivity index (χ0v) is 21.2. The number of fused-ring (bicyclic) bond motifs is 1.